The Labute approximate surface area is 124 Å². The summed E-state index contributed by atoms with van der Waals surface area (Å²) in [6.45, 7) is 5.62. The monoisotopic (exact) mass is 296 g/mol. The number of aromatic nitrogens is 1. The molecule has 0 amide bonds. The molecule has 2 aliphatic rings. The average Bonchev–Trinajstić information content (AvgIpc) is 3.20. The van der Waals surface area contributed by atoms with Crippen LogP contribution in [0.15, 0.2) is 11.6 Å². The molecule has 2 heterocycles. The lowest BCUT2D eigenvalue weighted by Crippen LogP contribution is -2.63. The van der Waals surface area contributed by atoms with E-state index in [2.05, 4.69) is 14.8 Å². The van der Waals surface area contributed by atoms with Gasteiger partial charge in [-0.15, -0.1) is 11.3 Å². The molecular formula is C14H24N4OS. The van der Waals surface area contributed by atoms with Crippen LogP contribution < -0.4 is 10.6 Å². The van der Waals surface area contributed by atoms with Crippen LogP contribution in [0.5, 0.6) is 0 Å². The number of hydrogen-bond donors (Lipinski definition) is 1. The molecule has 0 radical (unpaired) electrons. The van der Waals surface area contributed by atoms with Gasteiger partial charge in [-0.1, -0.05) is 0 Å². The molecule has 0 bridgehead atoms. The SMILES string of the molecule is COCC(CN)(C1CC1)N1CCN(c2nccs2)CC1. The maximum absolute atomic E-state index is 6.15. The fraction of sp³-hybridized carbons (Fsp3) is 0.786. The standard InChI is InChI=1S/C14H24N4OS/c1-19-11-14(10-15,12-2-3-12)18-7-5-17(6-8-18)13-16-4-9-20-13/h4,9,12H,2-3,5-8,10-11,15H2,1H3. The van der Waals surface area contributed by atoms with E-state index >= 15 is 0 Å². The fourth-order valence-electron chi connectivity index (χ4n) is 3.41. The smallest absolute Gasteiger partial charge is 0.185 e. The molecule has 3 rings (SSSR count). The van der Waals surface area contributed by atoms with Gasteiger partial charge < -0.3 is 15.4 Å². The number of methoxy groups -OCH3 is 1. The maximum atomic E-state index is 6.15. The summed E-state index contributed by atoms with van der Waals surface area (Å²) in [6.07, 6.45) is 4.48. The van der Waals surface area contributed by atoms with Crippen molar-refractivity contribution in [3.8, 4) is 0 Å². The Bertz CT molecular complexity index is 415. The molecule has 1 aliphatic heterocycles. The van der Waals surface area contributed by atoms with E-state index in [1.807, 2.05) is 11.6 Å². The van der Waals surface area contributed by atoms with Crippen molar-refractivity contribution in [2.45, 2.75) is 18.4 Å². The normalized spacial score (nSPS) is 23.8. The Morgan fingerprint density at radius 3 is 2.65 bits per heavy atom. The van der Waals surface area contributed by atoms with Crippen molar-refractivity contribution >= 4 is 16.5 Å². The van der Waals surface area contributed by atoms with Crippen LogP contribution in [0.25, 0.3) is 0 Å². The van der Waals surface area contributed by atoms with E-state index in [1.54, 1.807) is 18.4 Å². The van der Waals surface area contributed by atoms with Crippen molar-refractivity contribution in [3.05, 3.63) is 11.6 Å². The van der Waals surface area contributed by atoms with E-state index in [0.29, 0.717) is 6.54 Å². The molecule has 1 aromatic rings. The third-order valence-electron chi connectivity index (χ3n) is 4.68. The van der Waals surface area contributed by atoms with Gasteiger partial charge in [-0.05, 0) is 18.8 Å². The molecular weight excluding hydrogens is 272 g/mol. The lowest BCUT2D eigenvalue weighted by Gasteiger charge is -2.47. The van der Waals surface area contributed by atoms with Gasteiger partial charge in [-0.2, -0.15) is 0 Å². The third-order valence-corrected chi connectivity index (χ3v) is 5.52. The number of piperazine rings is 1. The maximum Gasteiger partial charge on any atom is 0.185 e. The molecule has 1 atom stereocenters. The summed E-state index contributed by atoms with van der Waals surface area (Å²) >= 11 is 1.72. The number of anilines is 1. The molecule has 2 N–H and O–H groups in total. The van der Waals surface area contributed by atoms with Gasteiger partial charge in [-0.3, -0.25) is 4.90 Å². The number of ether oxygens (including phenoxy) is 1. The second-order valence-corrected chi connectivity index (χ2v) is 6.68. The van der Waals surface area contributed by atoms with Crippen LogP contribution in [0.3, 0.4) is 0 Å². The van der Waals surface area contributed by atoms with Crippen LogP contribution >= 0.6 is 11.3 Å². The minimum atomic E-state index is 0.0592. The number of nitrogens with two attached hydrogens (primary N) is 1. The molecule has 6 heteroatoms. The Hall–Kier alpha value is -0.690. The van der Waals surface area contributed by atoms with Gasteiger partial charge in [0.25, 0.3) is 0 Å². The highest BCUT2D eigenvalue weighted by Gasteiger charge is 2.49. The summed E-state index contributed by atoms with van der Waals surface area (Å²) in [7, 11) is 1.79. The van der Waals surface area contributed by atoms with Crippen molar-refractivity contribution in [2.75, 3.05) is 51.3 Å². The van der Waals surface area contributed by atoms with E-state index in [1.165, 1.54) is 12.8 Å². The largest absolute Gasteiger partial charge is 0.383 e. The lowest BCUT2D eigenvalue weighted by molar-refractivity contribution is -0.00389. The van der Waals surface area contributed by atoms with Crippen LogP contribution in [0, 0.1) is 5.92 Å². The van der Waals surface area contributed by atoms with Crippen molar-refractivity contribution in [3.63, 3.8) is 0 Å². The summed E-state index contributed by atoms with van der Waals surface area (Å²) in [5.41, 5.74) is 6.21. The van der Waals surface area contributed by atoms with Crippen molar-refractivity contribution in [2.24, 2.45) is 11.7 Å². The molecule has 2 fully saturated rings. The lowest BCUT2D eigenvalue weighted by atomic mass is 9.91. The van der Waals surface area contributed by atoms with Crippen molar-refractivity contribution in [1.29, 1.82) is 0 Å². The molecule has 1 saturated heterocycles. The van der Waals surface area contributed by atoms with Crippen molar-refractivity contribution in [1.82, 2.24) is 9.88 Å². The van der Waals surface area contributed by atoms with Gasteiger partial charge in [0.15, 0.2) is 5.13 Å². The van der Waals surface area contributed by atoms with E-state index in [4.69, 9.17) is 10.5 Å². The van der Waals surface area contributed by atoms with E-state index in [0.717, 1.165) is 43.8 Å². The summed E-state index contributed by atoms with van der Waals surface area (Å²) < 4.78 is 5.51. The average molecular weight is 296 g/mol. The van der Waals surface area contributed by atoms with Crippen LogP contribution in [0.2, 0.25) is 0 Å². The zero-order valence-electron chi connectivity index (χ0n) is 12.1. The zero-order chi connectivity index (χ0) is 14.0. The Morgan fingerprint density at radius 2 is 2.15 bits per heavy atom. The van der Waals surface area contributed by atoms with Gasteiger partial charge in [0.1, 0.15) is 0 Å². The zero-order valence-corrected chi connectivity index (χ0v) is 12.9. The topological polar surface area (TPSA) is 54.6 Å². The van der Waals surface area contributed by atoms with Crippen LogP contribution in [0.1, 0.15) is 12.8 Å². The first-order valence-electron chi connectivity index (χ1n) is 7.38. The summed E-state index contributed by atoms with van der Waals surface area (Å²) in [5.74, 6) is 0.721. The first-order chi connectivity index (χ1) is 9.80. The van der Waals surface area contributed by atoms with E-state index in [-0.39, 0.29) is 5.54 Å². The second-order valence-electron chi connectivity index (χ2n) is 5.80. The molecule has 5 nitrogen and oxygen atoms in total. The molecule has 1 aromatic heterocycles. The molecule has 1 unspecified atom stereocenters. The Morgan fingerprint density at radius 1 is 1.40 bits per heavy atom. The van der Waals surface area contributed by atoms with Gasteiger partial charge in [0.05, 0.1) is 12.1 Å². The Kier molecular flexibility index (Phi) is 4.26. The number of hydrogen-bond acceptors (Lipinski definition) is 6. The van der Waals surface area contributed by atoms with Gasteiger partial charge in [-0.25, -0.2) is 4.98 Å². The fourth-order valence-corrected chi connectivity index (χ4v) is 4.10. The predicted molar refractivity (Wildman–Crippen MR) is 82.3 cm³/mol. The molecule has 0 aromatic carbocycles. The summed E-state index contributed by atoms with van der Waals surface area (Å²) in [5, 5.41) is 3.18. The quantitative estimate of drug-likeness (QED) is 0.849. The highest BCUT2D eigenvalue weighted by molar-refractivity contribution is 7.13. The van der Waals surface area contributed by atoms with Gasteiger partial charge in [0, 0.05) is 51.4 Å². The first kappa shape index (κ1) is 14.3. The number of rotatable bonds is 6. The van der Waals surface area contributed by atoms with E-state index in [9.17, 15) is 0 Å². The summed E-state index contributed by atoms with van der Waals surface area (Å²) in [4.78, 5) is 9.35. The third kappa shape index (κ3) is 2.57. The minimum Gasteiger partial charge on any atom is -0.383 e. The molecule has 112 valence electrons. The van der Waals surface area contributed by atoms with Gasteiger partial charge in [0.2, 0.25) is 0 Å². The second kappa shape index (κ2) is 5.97. The summed E-state index contributed by atoms with van der Waals surface area (Å²) in [6, 6.07) is 0. The van der Waals surface area contributed by atoms with Crippen LogP contribution in [-0.2, 0) is 4.74 Å². The molecule has 1 aliphatic carbocycles. The number of thiazole rings is 1. The first-order valence-corrected chi connectivity index (χ1v) is 8.26. The van der Waals surface area contributed by atoms with Crippen LogP contribution in [-0.4, -0.2) is 61.9 Å². The molecule has 0 spiro atoms. The predicted octanol–water partition coefficient (Wildman–Crippen LogP) is 1.02. The minimum absolute atomic E-state index is 0.0592. The van der Waals surface area contributed by atoms with Crippen LogP contribution in [0.4, 0.5) is 5.13 Å². The molecule has 20 heavy (non-hydrogen) atoms. The Balaban J connectivity index is 1.66. The van der Waals surface area contributed by atoms with Crippen molar-refractivity contribution < 1.29 is 4.74 Å². The molecule has 1 saturated carbocycles. The van der Waals surface area contributed by atoms with E-state index < -0.39 is 0 Å². The number of nitrogens with zero attached hydrogens (tertiary/aromatic N) is 3. The highest BCUT2D eigenvalue weighted by atomic mass is 32.1. The highest BCUT2D eigenvalue weighted by Crippen LogP contribution is 2.43. The van der Waals surface area contributed by atoms with Gasteiger partial charge >= 0.3 is 0 Å².